The number of nitrogens with zero attached hydrogens (tertiary/aromatic N) is 1. The van der Waals surface area contributed by atoms with E-state index in [-0.39, 0.29) is 0 Å². The molecule has 0 aliphatic carbocycles. The van der Waals surface area contributed by atoms with Crippen LogP contribution in [-0.4, -0.2) is 0 Å². The van der Waals surface area contributed by atoms with Crippen LogP contribution in [0.5, 0.6) is 0 Å². The van der Waals surface area contributed by atoms with E-state index in [0.29, 0.717) is 0 Å². The molecule has 0 spiro atoms. The van der Waals surface area contributed by atoms with E-state index in [4.69, 9.17) is 0 Å². The maximum Gasteiger partial charge on any atom is 0.0541 e. The lowest BCUT2D eigenvalue weighted by molar-refractivity contribution is 1.24. The van der Waals surface area contributed by atoms with Crippen molar-refractivity contribution in [3.05, 3.63) is 106 Å². The molecule has 1 aliphatic rings. The van der Waals surface area contributed by atoms with Crippen LogP contribution in [0.2, 0.25) is 0 Å². The molecular weight excluding hydrogens is 366 g/mol. The molecule has 27 heavy (non-hydrogen) atoms. The van der Waals surface area contributed by atoms with Crippen LogP contribution in [0.1, 0.15) is 11.1 Å². The molecule has 130 valence electrons. The van der Waals surface area contributed by atoms with Crippen molar-refractivity contribution in [2.24, 2.45) is 0 Å². The molecule has 0 saturated heterocycles. The first-order chi connectivity index (χ1) is 13.2. The minimum Gasteiger partial charge on any atom is -0.309 e. The average Bonchev–Trinajstić information content (AvgIpc) is 2.71. The van der Waals surface area contributed by atoms with Gasteiger partial charge in [-0.3, -0.25) is 0 Å². The van der Waals surface area contributed by atoms with Crippen molar-refractivity contribution in [1.29, 1.82) is 0 Å². The van der Waals surface area contributed by atoms with Crippen LogP contribution in [0.15, 0.2) is 95.2 Å². The maximum absolute atomic E-state index is 4.58. The topological polar surface area (TPSA) is 3.24 Å². The molecule has 1 aliphatic heterocycles. The molecule has 0 fully saturated rings. The third-order valence-electron chi connectivity index (χ3n) is 5.04. The lowest BCUT2D eigenvalue weighted by Gasteiger charge is -2.35. The van der Waals surface area contributed by atoms with Gasteiger partial charge in [-0.15, -0.1) is 25.3 Å². The second-order valence-electron chi connectivity index (χ2n) is 6.60. The Labute approximate surface area is 169 Å². The summed E-state index contributed by atoms with van der Waals surface area (Å²) in [5.41, 5.74) is 6.79. The first kappa shape index (κ1) is 16.5. The minimum atomic E-state index is 0.730. The summed E-state index contributed by atoms with van der Waals surface area (Å²) in [6.45, 7) is 0. The summed E-state index contributed by atoms with van der Waals surface area (Å²) in [6.07, 6.45) is 0. The van der Waals surface area contributed by atoms with Gasteiger partial charge in [-0.1, -0.05) is 66.7 Å². The van der Waals surface area contributed by atoms with Gasteiger partial charge >= 0.3 is 0 Å². The molecule has 5 rings (SSSR count). The molecule has 0 radical (unpaired) electrons. The largest absolute Gasteiger partial charge is 0.309 e. The Kier molecular flexibility index (Phi) is 4.00. The third-order valence-corrected chi connectivity index (χ3v) is 5.49. The smallest absolute Gasteiger partial charge is 0.0541 e. The summed E-state index contributed by atoms with van der Waals surface area (Å²) in [5.74, 6) is 0. The van der Waals surface area contributed by atoms with E-state index < -0.39 is 0 Å². The maximum atomic E-state index is 4.58. The van der Waals surface area contributed by atoms with Crippen molar-refractivity contribution in [2.45, 2.75) is 0 Å². The molecule has 0 saturated carbocycles. The van der Waals surface area contributed by atoms with E-state index in [1.54, 1.807) is 0 Å². The van der Waals surface area contributed by atoms with Gasteiger partial charge in [-0.05, 0) is 35.0 Å². The minimum absolute atomic E-state index is 0.730. The molecule has 0 atom stereocenters. The summed E-state index contributed by atoms with van der Waals surface area (Å²) in [5, 5.41) is 2.48. The molecule has 3 heteroatoms. The third kappa shape index (κ3) is 2.66. The Morgan fingerprint density at radius 2 is 1.15 bits per heavy atom. The Morgan fingerprint density at radius 3 is 1.78 bits per heavy atom. The molecule has 4 aromatic carbocycles. The number of hydrogen-bond donors (Lipinski definition) is 2. The van der Waals surface area contributed by atoms with Crippen LogP contribution in [0, 0.1) is 0 Å². The van der Waals surface area contributed by atoms with Crippen LogP contribution in [0.25, 0.3) is 16.3 Å². The van der Waals surface area contributed by atoms with Gasteiger partial charge in [0.25, 0.3) is 0 Å². The van der Waals surface area contributed by atoms with Crippen molar-refractivity contribution < 1.29 is 0 Å². The van der Waals surface area contributed by atoms with Gasteiger partial charge in [0.05, 0.1) is 11.4 Å². The van der Waals surface area contributed by atoms with E-state index in [0.717, 1.165) is 38.0 Å². The molecule has 4 aromatic rings. The highest BCUT2D eigenvalue weighted by Gasteiger charge is 2.28. The molecule has 0 unspecified atom stereocenters. The average molecular weight is 384 g/mol. The second-order valence-corrected chi connectivity index (χ2v) is 7.85. The van der Waals surface area contributed by atoms with Crippen LogP contribution in [0.4, 0.5) is 17.1 Å². The van der Waals surface area contributed by atoms with Crippen LogP contribution in [-0.2, 0) is 0 Å². The van der Waals surface area contributed by atoms with Gasteiger partial charge in [-0.2, -0.15) is 0 Å². The molecule has 0 N–H and O–H groups in total. The summed E-state index contributed by atoms with van der Waals surface area (Å²) < 4.78 is 0.730. The molecule has 0 bridgehead atoms. The Bertz CT molecular complexity index is 1160. The SMILES string of the molecule is SC(S)=C1c2ccccc2N(c2ccc3ccccc3c2)c2ccccc21. The van der Waals surface area contributed by atoms with Crippen LogP contribution >= 0.6 is 25.3 Å². The zero-order chi connectivity index (χ0) is 18.4. The molecule has 0 amide bonds. The monoisotopic (exact) mass is 383 g/mol. The number of hydrogen-bond acceptors (Lipinski definition) is 3. The predicted molar refractivity (Wildman–Crippen MR) is 123 cm³/mol. The van der Waals surface area contributed by atoms with E-state index in [2.05, 4.69) is 121 Å². The van der Waals surface area contributed by atoms with Gasteiger partial charge in [0.1, 0.15) is 0 Å². The fourth-order valence-corrected chi connectivity index (χ4v) is 4.35. The highest BCUT2D eigenvalue weighted by molar-refractivity contribution is 8.05. The van der Waals surface area contributed by atoms with Gasteiger partial charge in [-0.25, -0.2) is 0 Å². The van der Waals surface area contributed by atoms with Gasteiger partial charge in [0.15, 0.2) is 0 Å². The predicted octanol–water partition coefficient (Wildman–Crippen LogP) is 7.20. The standard InChI is InChI=1S/C24H17NS2/c26-24(27)23-19-9-3-5-11-21(19)25(22-12-6-4-10-20(22)23)18-14-13-16-7-1-2-8-17(16)15-18/h1-15,26-27H. The number of fused-ring (bicyclic) bond motifs is 3. The van der Waals surface area contributed by atoms with Crippen molar-refractivity contribution in [3.63, 3.8) is 0 Å². The summed E-state index contributed by atoms with van der Waals surface area (Å²) in [7, 11) is 0. The quantitative estimate of drug-likeness (QED) is 0.289. The molecule has 1 nitrogen and oxygen atoms in total. The van der Waals surface area contributed by atoms with Crippen molar-refractivity contribution >= 4 is 58.7 Å². The van der Waals surface area contributed by atoms with Gasteiger partial charge in [0.2, 0.25) is 0 Å². The van der Waals surface area contributed by atoms with E-state index in [1.807, 2.05) is 0 Å². The number of anilines is 3. The second kappa shape index (κ2) is 6.52. The molecule has 0 aromatic heterocycles. The van der Waals surface area contributed by atoms with E-state index in [1.165, 1.54) is 10.8 Å². The van der Waals surface area contributed by atoms with Gasteiger partial charge < -0.3 is 4.90 Å². The lowest BCUT2D eigenvalue weighted by atomic mass is 9.90. The zero-order valence-corrected chi connectivity index (χ0v) is 16.3. The normalized spacial score (nSPS) is 12.7. The van der Waals surface area contributed by atoms with Gasteiger partial charge in [0, 0.05) is 26.6 Å². The molecular formula is C24H17NS2. The fraction of sp³-hybridized carbons (Fsp3) is 0. The van der Waals surface area contributed by atoms with Crippen LogP contribution < -0.4 is 4.90 Å². The number of thiol groups is 2. The lowest BCUT2D eigenvalue weighted by Crippen LogP contribution is -2.18. The first-order valence-corrected chi connectivity index (χ1v) is 9.73. The number of para-hydroxylation sites is 2. The summed E-state index contributed by atoms with van der Waals surface area (Å²) in [6, 6.07) is 32.0. The van der Waals surface area contributed by atoms with Crippen molar-refractivity contribution in [1.82, 2.24) is 0 Å². The van der Waals surface area contributed by atoms with Crippen LogP contribution in [0.3, 0.4) is 0 Å². The number of rotatable bonds is 1. The zero-order valence-electron chi connectivity index (χ0n) is 14.5. The first-order valence-electron chi connectivity index (χ1n) is 8.84. The molecule has 1 heterocycles. The number of benzene rings is 4. The highest BCUT2D eigenvalue weighted by atomic mass is 32.2. The Morgan fingerprint density at radius 1 is 0.593 bits per heavy atom. The van der Waals surface area contributed by atoms with Crippen molar-refractivity contribution in [2.75, 3.05) is 4.90 Å². The highest BCUT2D eigenvalue weighted by Crippen LogP contribution is 2.50. The summed E-state index contributed by atoms with van der Waals surface area (Å²) >= 11 is 9.16. The van der Waals surface area contributed by atoms with E-state index >= 15 is 0 Å². The Hall–Kier alpha value is -2.62. The van der Waals surface area contributed by atoms with E-state index in [9.17, 15) is 0 Å². The fourth-order valence-electron chi connectivity index (χ4n) is 3.87. The summed E-state index contributed by atoms with van der Waals surface area (Å²) in [4.78, 5) is 2.32. The van der Waals surface area contributed by atoms with Crippen molar-refractivity contribution in [3.8, 4) is 0 Å². The Balaban J connectivity index is 1.82.